The van der Waals surface area contributed by atoms with E-state index in [1.54, 1.807) is 0 Å². The number of aliphatic hydroxyl groups excluding tert-OH is 5. The van der Waals surface area contributed by atoms with E-state index in [9.17, 15) is 30.0 Å². The number of ether oxygens (including phenoxy) is 3. The van der Waals surface area contributed by atoms with Crippen LogP contribution in [0.2, 0.25) is 0 Å². The molecule has 12 heteroatoms. The van der Waals surface area contributed by atoms with E-state index in [2.05, 4.69) is 31.4 Å². The molecule has 4 atom stereocenters. The number of amides is 2. The Hall–Kier alpha value is -2.64. The first kappa shape index (κ1) is 62.4. The van der Waals surface area contributed by atoms with E-state index in [1.807, 2.05) is 12.1 Å². The summed E-state index contributed by atoms with van der Waals surface area (Å²) in [7, 11) is 0. The summed E-state index contributed by atoms with van der Waals surface area (Å²) in [5.41, 5.74) is 0.475. The average molecular weight is 951 g/mol. The predicted molar refractivity (Wildman–Crippen MR) is 273 cm³/mol. The number of carbonyl (C=O) groups is 2. The lowest BCUT2D eigenvalue weighted by Crippen LogP contribution is -2.51. The van der Waals surface area contributed by atoms with Crippen molar-refractivity contribution in [3.63, 3.8) is 0 Å². The van der Waals surface area contributed by atoms with E-state index < -0.39 is 36.9 Å². The second kappa shape index (κ2) is 44.6. The first-order chi connectivity index (χ1) is 32.7. The number of rotatable bonds is 49. The molecule has 1 rings (SSSR count). The van der Waals surface area contributed by atoms with Gasteiger partial charge in [-0.1, -0.05) is 207 Å². The lowest BCUT2D eigenvalue weighted by molar-refractivity contribution is -0.148. The molecule has 0 fully saturated rings. The number of nitrogens with one attached hydrogen (secondary N) is 2. The van der Waals surface area contributed by atoms with E-state index in [0.717, 1.165) is 57.8 Å². The van der Waals surface area contributed by atoms with E-state index in [4.69, 9.17) is 19.3 Å². The molecular weight excluding hydrogens is 849 g/mol. The van der Waals surface area contributed by atoms with Crippen LogP contribution < -0.4 is 24.8 Å². The van der Waals surface area contributed by atoms with Crippen LogP contribution in [0.3, 0.4) is 0 Å². The Morgan fingerprint density at radius 3 is 1.15 bits per heavy atom. The Labute approximate surface area is 408 Å². The molecule has 0 unspecified atom stereocenters. The molecule has 1 aromatic rings. The molecule has 2 amide bonds. The molecule has 392 valence electrons. The van der Waals surface area contributed by atoms with Gasteiger partial charge in [0.15, 0.2) is 17.6 Å². The molecule has 0 heterocycles. The molecule has 67 heavy (non-hydrogen) atoms. The summed E-state index contributed by atoms with van der Waals surface area (Å²) >= 11 is 0. The van der Waals surface area contributed by atoms with Crippen LogP contribution in [0.1, 0.15) is 249 Å². The van der Waals surface area contributed by atoms with Crippen molar-refractivity contribution in [1.82, 2.24) is 10.6 Å². The summed E-state index contributed by atoms with van der Waals surface area (Å²) in [4.78, 5) is 25.9. The molecule has 0 aliphatic rings. The molecule has 0 aromatic heterocycles. The highest BCUT2D eigenvalue weighted by Crippen LogP contribution is 2.40. The largest absolute Gasteiger partial charge is 0.490 e. The van der Waals surface area contributed by atoms with Gasteiger partial charge in [-0.2, -0.15) is 0 Å². The summed E-state index contributed by atoms with van der Waals surface area (Å²) < 4.78 is 19.5. The van der Waals surface area contributed by atoms with Crippen molar-refractivity contribution in [1.29, 1.82) is 0 Å². The van der Waals surface area contributed by atoms with Gasteiger partial charge in [-0.25, -0.2) is 0 Å². The Kier molecular flexibility index (Phi) is 41.5. The van der Waals surface area contributed by atoms with Crippen LogP contribution in [-0.4, -0.2) is 101 Å². The van der Waals surface area contributed by atoms with Gasteiger partial charge < -0.3 is 50.4 Å². The predicted octanol–water partition coefficient (Wildman–Crippen LogP) is 11.4. The zero-order valence-electron chi connectivity index (χ0n) is 43.0. The molecule has 0 aliphatic carbocycles. The maximum absolute atomic E-state index is 13.7. The van der Waals surface area contributed by atoms with E-state index >= 15 is 0 Å². The smallest absolute Gasteiger partial charge is 0.251 e. The van der Waals surface area contributed by atoms with Crippen molar-refractivity contribution < 1.29 is 49.3 Å². The monoisotopic (exact) mass is 951 g/mol. The van der Waals surface area contributed by atoms with Gasteiger partial charge in [-0.05, 0) is 44.2 Å². The number of unbranched alkanes of at least 4 members (excludes halogenated alkanes) is 30. The maximum atomic E-state index is 13.7. The Morgan fingerprint density at radius 1 is 0.448 bits per heavy atom. The summed E-state index contributed by atoms with van der Waals surface area (Å²) in [5, 5.41) is 53.8. The number of hydrogen-bond donors (Lipinski definition) is 7. The summed E-state index contributed by atoms with van der Waals surface area (Å²) in [6.07, 6.45) is 32.6. The van der Waals surface area contributed by atoms with Crippen LogP contribution in [0.4, 0.5) is 0 Å². The molecule has 0 bridgehead atoms. The van der Waals surface area contributed by atoms with Gasteiger partial charge >= 0.3 is 0 Å². The van der Waals surface area contributed by atoms with Gasteiger partial charge in [0.05, 0.1) is 26.4 Å². The molecule has 0 spiro atoms. The lowest BCUT2D eigenvalue weighted by Gasteiger charge is -2.24. The van der Waals surface area contributed by atoms with Crippen molar-refractivity contribution in [3.05, 3.63) is 17.7 Å². The fourth-order valence-electron chi connectivity index (χ4n) is 8.27. The summed E-state index contributed by atoms with van der Waals surface area (Å²) in [5.74, 6) is 0.639. The lowest BCUT2D eigenvalue weighted by atomic mass is 10.0. The first-order valence-corrected chi connectivity index (χ1v) is 27.7. The molecule has 1 aromatic carbocycles. The van der Waals surface area contributed by atoms with Gasteiger partial charge in [0.25, 0.3) is 11.8 Å². The second-order valence-electron chi connectivity index (χ2n) is 19.0. The molecule has 0 saturated heterocycles. The third kappa shape index (κ3) is 32.7. The molecule has 0 radical (unpaired) electrons. The van der Waals surface area contributed by atoms with Crippen LogP contribution in [0.25, 0.3) is 0 Å². The molecule has 7 N–H and O–H groups in total. The minimum Gasteiger partial charge on any atom is -0.490 e. The third-order valence-corrected chi connectivity index (χ3v) is 12.7. The standard InChI is InChI=1S/C55H102N2O10/c1-4-7-10-13-16-19-22-25-30-35-40-65-48-43-46(54(63)56-38-33-28-29-34-39-57-55(64)52(62)51(61)50(60)47(59)45-58)44-49(66-41-36-31-26-23-20-17-14-11-8-5-2)53(48)67-42-37-32-27-24-21-18-15-12-9-6-3/h43-44,47,50-52,58-62H,4-42,45H2,1-3H3,(H,56,63)(H,57,64)/t47-,50-,51+,52-/m0/s1. The number of carbonyl (C=O) groups excluding carboxylic acids is 2. The van der Waals surface area contributed by atoms with Gasteiger partial charge in [-0.3, -0.25) is 9.59 Å². The Bertz CT molecular complexity index is 1250. The SMILES string of the molecule is CCCCCCCCCCCCOc1cc(C(=O)NCCCCCCNC(=O)[C@@H](O)[C@H](O)[C@@H](O)[C@@H](O)CO)cc(OCCCCCCCCCCCC)c1OCCCCCCCCCCCC. The van der Waals surface area contributed by atoms with Gasteiger partial charge in [0.1, 0.15) is 18.3 Å². The van der Waals surface area contributed by atoms with Crippen LogP contribution in [0.5, 0.6) is 17.2 Å². The summed E-state index contributed by atoms with van der Waals surface area (Å²) in [6, 6.07) is 3.62. The minimum atomic E-state index is -1.95. The molecule has 0 aliphatic heterocycles. The minimum absolute atomic E-state index is 0.206. The van der Waals surface area contributed by atoms with Crippen LogP contribution >= 0.6 is 0 Å². The Morgan fingerprint density at radius 2 is 0.776 bits per heavy atom. The van der Waals surface area contributed by atoms with Crippen molar-refractivity contribution >= 4 is 11.8 Å². The molecule has 0 saturated carbocycles. The fourth-order valence-corrected chi connectivity index (χ4v) is 8.27. The van der Waals surface area contributed by atoms with E-state index in [1.165, 1.54) is 154 Å². The zero-order valence-corrected chi connectivity index (χ0v) is 43.0. The molecule has 12 nitrogen and oxygen atoms in total. The number of hydrogen-bond acceptors (Lipinski definition) is 10. The van der Waals surface area contributed by atoms with Gasteiger partial charge in [0, 0.05) is 18.7 Å². The second-order valence-corrected chi connectivity index (χ2v) is 19.0. The van der Waals surface area contributed by atoms with E-state index in [0.29, 0.717) is 55.6 Å². The fraction of sp³-hybridized carbons (Fsp3) is 0.855. The van der Waals surface area contributed by atoms with Gasteiger partial charge in [0.2, 0.25) is 5.75 Å². The Balaban J connectivity index is 2.90. The van der Waals surface area contributed by atoms with Crippen molar-refractivity contribution in [2.45, 2.75) is 263 Å². The first-order valence-electron chi connectivity index (χ1n) is 27.7. The van der Waals surface area contributed by atoms with Crippen LogP contribution in [-0.2, 0) is 4.79 Å². The highest BCUT2D eigenvalue weighted by molar-refractivity contribution is 5.95. The van der Waals surface area contributed by atoms with Crippen LogP contribution in [0.15, 0.2) is 12.1 Å². The summed E-state index contributed by atoms with van der Waals surface area (Å²) in [6.45, 7) is 8.31. The van der Waals surface area contributed by atoms with Gasteiger partial charge in [-0.15, -0.1) is 0 Å². The van der Waals surface area contributed by atoms with Crippen molar-refractivity contribution in [2.75, 3.05) is 39.5 Å². The topological polar surface area (TPSA) is 187 Å². The van der Waals surface area contributed by atoms with Crippen molar-refractivity contribution in [2.24, 2.45) is 0 Å². The average Bonchev–Trinajstić information content (AvgIpc) is 3.34. The third-order valence-electron chi connectivity index (χ3n) is 12.7. The highest BCUT2D eigenvalue weighted by Gasteiger charge is 2.34. The van der Waals surface area contributed by atoms with Crippen molar-refractivity contribution in [3.8, 4) is 17.2 Å². The van der Waals surface area contributed by atoms with E-state index in [-0.39, 0.29) is 12.5 Å². The van der Waals surface area contributed by atoms with Crippen LogP contribution in [0, 0.1) is 0 Å². The quantitative estimate of drug-likeness (QED) is 0.0310. The highest BCUT2D eigenvalue weighted by atomic mass is 16.5. The normalized spacial score (nSPS) is 13.3. The molecular formula is C55H102N2O10. The maximum Gasteiger partial charge on any atom is 0.251 e. The zero-order chi connectivity index (χ0) is 49.0. The number of aliphatic hydroxyl groups is 5. The number of benzene rings is 1.